The lowest BCUT2D eigenvalue weighted by atomic mass is 10.1. The standard InChI is InChI=1S/C18H20N4O4S/c1-11-14(15-17(24)20-10-21-18(15)26-11)16(23)19-9-12(13-3-2-8-27-13)22-4-6-25-7-5-22/h2-3,8,10,12H,4-7,9H2,1H3,(H,19,23)(H,20,21,24). The summed E-state index contributed by atoms with van der Waals surface area (Å²) in [6, 6.07) is 4.14. The molecule has 8 nitrogen and oxygen atoms in total. The number of ether oxygens (including phenoxy) is 1. The van der Waals surface area contributed by atoms with Crippen LogP contribution in [0.1, 0.15) is 27.0 Å². The summed E-state index contributed by atoms with van der Waals surface area (Å²) in [7, 11) is 0. The number of aromatic amines is 1. The van der Waals surface area contributed by atoms with E-state index in [2.05, 4.69) is 26.3 Å². The van der Waals surface area contributed by atoms with E-state index >= 15 is 0 Å². The average Bonchev–Trinajstić information content (AvgIpc) is 3.31. The Labute approximate surface area is 159 Å². The van der Waals surface area contributed by atoms with E-state index in [1.807, 2.05) is 11.4 Å². The quantitative estimate of drug-likeness (QED) is 0.690. The second-order valence-corrected chi connectivity index (χ2v) is 7.31. The molecule has 9 heteroatoms. The number of nitrogens with one attached hydrogen (secondary N) is 2. The number of amides is 1. The van der Waals surface area contributed by atoms with E-state index in [0.717, 1.165) is 13.1 Å². The van der Waals surface area contributed by atoms with E-state index in [1.54, 1.807) is 18.3 Å². The zero-order chi connectivity index (χ0) is 18.8. The Bertz CT molecular complexity index is 989. The zero-order valence-corrected chi connectivity index (χ0v) is 15.7. The smallest absolute Gasteiger partial charge is 0.262 e. The molecule has 4 heterocycles. The minimum absolute atomic E-state index is 0.0627. The molecule has 2 N–H and O–H groups in total. The van der Waals surface area contributed by atoms with Crippen molar-refractivity contribution in [1.29, 1.82) is 0 Å². The third-order valence-electron chi connectivity index (χ3n) is 4.71. The summed E-state index contributed by atoms with van der Waals surface area (Å²) in [4.78, 5) is 35.0. The summed E-state index contributed by atoms with van der Waals surface area (Å²) in [6.45, 7) is 5.09. The fourth-order valence-electron chi connectivity index (χ4n) is 3.38. The largest absolute Gasteiger partial charge is 0.442 e. The van der Waals surface area contributed by atoms with Gasteiger partial charge in [0.1, 0.15) is 11.1 Å². The van der Waals surface area contributed by atoms with Gasteiger partial charge in [-0.1, -0.05) is 6.07 Å². The van der Waals surface area contributed by atoms with Crippen LogP contribution in [0.25, 0.3) is 11.1 Å². The molecule has 27 heavy (non-hydrogen) atoms. The van der Waals surface area contributed by atoms with E-state index in [-0.39, 0.29) is 34.2 Å². The Balaban J connectivity index is 1.57. The Morgan fingerprint density at radius 2 is 2.26 bits per heavy atom. The number of aryl methyl sites for hydroxylation is 1. The van der Waals surface area contributed by atoms with E-state index < -0.39 is 0 Å². The van der Waals surface area contributed by atoms with Crippen LogP contribution in [0, 0.1) is 6.92 Å². The highest BCUT2D eigenvalue weighted by Gasteiger charge is 2.26. The molecule has 0 saturated carbocycles. The first-order valence-electron chi connectivity index (χ1n) is 8.75. The zero-order valence-electron chi connectivity index (χ0n) is 14.9. The van der Waals surface area contributed by atoms with Crippen molar-refractivity contribution in [1.82, 2.24) is 20.2 Å². The second-order valence-electron chi connectivity index (χ2n) is 6.33. The number of carbonyl (C=O) groups is 1. The molecule has 1 fully saturated rings. The Kier molecular flexibility index (Phi) is 5.06. The van der Waals surface area contributed by atoms with Crippen LogP contribution in [0.3, 0.4) is 0 Å². The van der Waals surface area contributed by atoms with Gasteiger partial charge in [-0.05, 0) is 18.4 Å². The van der Waals surface area contributed by atoms with Crippen LogP contribution in [-0.4, -0.2) is 53.6 Å². The van der Waals surface area contributed by atoms with Crippen molar-refractivity contribution in [3.63, 3.8) is 0 Å². The van der Waals surface area contributed by atoms with Gasteiger partial charge < -0.3 is 19.5 Å². The number of thiophene rings is 1. The van der Waals surface area contributed by atoms with Gasteiger partial charge in [-0.25, -0.2) is 4.98 Å². The molecule has 4 rings (SSSR count). The molecule has 142 valence electrons. The lowest BCUT2D eigenvalue weighted by molar-refractivity contribution is 0.0169. The van der Waals surface area contributed by atoms with Crippen LogP contribution in [0.5, 0.6) is 0 Å². The van der Waals surface area contributed by atoms with Crippen LogP contribution in [-0.2, 0) is 4.74 Å². The summed E-state index contributed by atoms with van der Waals surface area (Å²) in [5, 5.41) is 5.19. The van der Waals surface area contributed by atoms with Gasteiger partial charge in [-0.3, -0.25) is 14.5 Å². The lowest BCUT2D eigenvalue weighted by Crippen LogP contribution is -2.43. The maximum atomic E-state index is 12.9. The molecule has 1 aliphatic rings. The Hall–Kier alpha value is -2.49. The van der Waals surface area contributed by atoms with Crippen LogP contribution >= 0.6 is 11.3 Å². The number of fused-ring (bicyclic) bond motifs is 1. The normalized spacial score (nSPS) is 16.5. The first-order valence-corrected chi connectivity index (χ1v) is 9.63. The molecule has 0 spiro atoms. The highest BCUT2D eigenvalue weighted by Crippen LogP contribution is 2.26. The van der Waals surface area contributed by atoms with E-state index in [9.17, 15) is 9.59 Å². The van der Waals surface area contributed by atoms with Crippen molar-refractivity contribution in [2.75, 3.05) is 32.8 Å². The molecule has 1 atom stereocenters. The highest BCUT2D eigenvalue weighted by molar-refractivity contribution is 7.10. The second kappa shape index (κ2) is 7.63. The summed E-state index contributed by atoms with van der Waals surface area (Å²) < 4.78 is 10.9. The van der Waals surface area contributed by atoms with Crippen molar-refractivity contribution >= 4 is 28.3 Å². The first kappa shape index (κ1) is 17.9. The van der Waals surface area contributed by atoms with Crippen LogP contribution in [0.4, 0.5) is 0 Å². The summed E-state index contributed by atoms with van der Waals surface area (Å²) in [5.41, 5.74) is 0.0284. The van der Waals surface area contributed by atoms with Crippen LogP contribution in [0.15, 0.2) is 33.1 Å². The topological polar surface area (TPSA) is 100 Å². The molecule has 1 aliphatic heterocycles. The SMILES string of the molecule is Cc1oc2nc[nH]c(=O)c2c1C(=O)NCC(c1cccs1)N1CCOCC1. The Morgan fingerprint density at radius 3 is 3.00 bits per heavy atom. The van der Waals surface area contributed by atoms with Gasteiger partial charge in [0.25, 0.3) is 11.5 Å². The summed E-state index contributed by atoms with van der Waals surface area (Å²) in [5.74, 6) is 0.0466. The van der Waals surface area contributed by atoms with Gasteiger partial charge >= 0.3 is 0 Å². The number of aromatic nitrogens is 2. The molecule has 0 bridgehead atoms. The molecular formula is C18H20N4O4S. The molecule has 3 aromatic rings. The van der Waals surface area contributed by atoms with Crippen molar-refractivity contribution in [2.24, 2.45) is 0 Å². The predicted octanol–water partition coefficient (Wildman–Crippen LogP) is 1.69. The molecule has 3 aromatic heterocycles. The van der Waals surface area contributed by atoms with E-state index in [0.29, 0.717) is 25.5 Å². The minimum Gasteiger partial charge on any atom is -0.442 e. The molecule has 1 saturated heterocycles. The number of morpholine rings is 1. The van der Waals surface area contributed by atoms with E-state index in [4.69, 9.17) is 9.15 Å². The lowest BCUT2D eigenvalue weighted by Gasteiger charge is -2.34. The molecule has 0 radical (unpaired) electrons. The third-order valence-corrected chi connectivity index (χ3v) is 5.68. The van der Waals surface area contributed by atoms with Crippen molar-refractivity contribution in [2.45, 2.75) is 13.0 Å². The monoisotopic (exact) mass is 388 g/mol. The average molecular weight is 388 g/mol. The van der Waals surface area contributed by atoms with Gasteiger partial charge in [-0.2, -0.15) is 0 Å². The van der Waals surface area contributed by atoms with Crippen LogP contribution < -0.4 is 10.9 Å². The van der Waals surface area contributed by atoms with Crippen molar-refractivity contribution < 1.29 is 13.9 Å². The molecular weight excluding hydrogens is 368 g/mol. The number of carbonyl (C=O) groups excluding carboxylic acids is 1. The summed E-state index contributed by atoms with van der Waals surface area (Å²) >= 11 is 1.66. The number of nitrogens with zero attached hydrogens (tertiary/aromatic N) is 2. The van der Waals surface area contributed by atoms with E-state index in [1.165, 1.54) is 11.2 Å². The number of hydrogen-bond donors (Lipinski definition) is 2. The number of H-pyrrole nitrogens is 1. The maximum absolute atomic E-state index is 12.9. The fraction of sp³-hybridized carbons (Fsp3) is 0.389. The predicted molar refractivity (Wildman–Crippen MR) is 101 cm³/mol. The Morgan fingerprint density at radius 1 is 1.44 bits per heavy atom. The number of furan rings is 1. The highest BCUT2D eigenvalue weighted by atomic mass is 32.1. The number of rotatable bonds is 5. The molecule has 0 aliphatic carbocycles. The van der Waals surface area contributed by atoms with Gasteiger partial charge in [0.05, 0.1) is 31.1 Å². The minimum atomic E-state index is -0.384. The van der Waals surface area contributed by atoms with Gasteiger partial charge in [0.15, 0.2) is 0 Å². The fourth-order valence-corrected chi connectivity index (χ4v) is 4.25. The van der Waals surface area contributed by atoms with Gasteiger partial charge in [0, 0.05) is 24.5 Å². The van der Waals surface area contributed by atoms with Crippen molar-refractivity contribution in [3.8, 4) is 0 Å². The van der Waals surface area contributed by atoms with Crippen LogP contribution in [0.2, 0.25) is 0 Å². The van der Waals surface area contributed by atoms with Gasteiger partial charge in [-0.15, -0.1) is 11.3 Å². The first-order chi connectivity index (χ1) is 13.1. The molecule has 0 aromatic carbocycles. The summed E-state index contributed by atoms with van der Waals surface area (Å²) in [6.07, 6.45) is 1.26. The molecule has 1 amide bonds. The van der Waals surface area contributed by atoms with Gasteiger partial charge in [0.2, 0.25) is 5.71 Å². The molecule has 1 unspecified atom stereocenters. The number of hydrogen-bond acceptors (Lipinski definition) is 7. The third kappa shape index (κ3) is 3.53. The van der Waals surface area contributed by atoms with Crippen molar-refractivity contribution in [3.05, 3.63) is 50.4 Å². The maximum Gasteiger partial charge on any atom is 0.262 e.